The van der Waals surface area contributed by atoms with Crippen LogP contribution in [0.3, 0.4) is 0 Å². The van der Waals surface area contributed by atoms with Crippen molar-refractivity contribution in [3.8, 4) is 11.5 Å². The molecule has 0 atom stereocenters. The van der Waals surface area contributed by atoms with E-state index >= 15 is 0 Å². The summed E-state index contributed by atoms with van der Waals surface area (Å²) < 4.78 is 15.5. The maximum atomic E-state index is 12.7. The minimum atomic E-state index is -0.579. The lowest BCUT2D eigenvalue weighted by atomic mass is 10.1. The van der Waals surface area contributed by atoms with E-state index in [1.807, 2.05) is 0 Å². The molecule has 0 radical (unpaired) electrons. The molecule has 11 heteroatoms. The molecule has 0 N–H and O–H groups in total. The van der Waals surface area contributed by atoms with Gasteiger partial charge in [0.2, 0.25) is 5.91 Å². The van der Waals surface area contributed by atoms with Crippen molar-refractivity contribution >= 4 is 52.5 Å². The van der Waals surface area contributed by atoms with E-state index in [-0.39, 0.29) is 40.5 Å². The van der Waals surface area contributed by atoms with Crippen LogP contribution in [-0.4, -0.2) is 72.8 Å². The van der Waals surface area contributed by atoms with Gasteiger partial charge in [-0.3, -0.25) is 19.3 Å². The molecule has 3 rings (SSSR count). The lowest BCUT2D eigenvalue weighted by Gasteiger charge is -2.18. The summed E-state index contributed by atoms with van der Waals surface area (Å²) in [5.41, 5.74) is 0.500. The van der Waals surface area contributed by atoms with Crippen LogP contribution in [0.4, 0.5) is 4.79 Å². The van der Waals surface area contributed by atoms with E-state index in [0.29, 0.717) is 25.3 Å². The number of ether oxygens (including phenoxy) is 3. The number of hydrogen-bond donors (Lipinski definition) is 0. The standard InChI is InChI=1S/C21H23ClN2O7S/c1-3-30-15-9-13(8-14(22)19(15)31-12-18(26)29-2)10-16-20(27)24(21(28)32-16)11-17(25)23-6-4-5-7-23/h8-10H,3-7,11-12H2,1-2H3/b16-10-. The normalized spacial score (nSPS) is 17.3. The number of thioether (sulfide) groups is 1. The lowest BCUT2D eigenvalue weighted by Crippen LogP contribution is -2.40. The van der Waals surface area contributed by atoms with Crippen LogP contribution in [-0.2, 0) is 19.1 Å². The number of esters is 1. The predicted octanol–water partition coefficient (Wildman–Crippen LogP) is 2.95. The Morgan fingerprint density at radius 3 is 2.56 bits per heavy atom. The molecule has 2 heterocycles. The highest BCUT2D eigenvalue weighted by molar-refractivity contribution is 8.18. The number of methoxy groups -OCH3 is 1. The molecule has 3 amide bonds. The van der Waals surface area contributed by atoms with E-state index in [1.165, 1.54) is 19.3 Å². The molecule has 32 heavy (non-hydrogen) atoms. The largest absolute Gasteiger partial charge is 0.490 e. The topological polar surface area (TPSA) is 102 Å². The molecule has 172 valence electrons. The molecule has 2 saturated heterocycles. The fourth-order valence-electron chi connectivity index (χ4n) is 3.25. The molecule has 2 aliphatic heterocycles. The van der Waals surface area contributed by atoms with Crippen LogP contribution in [0.5, 0.6) is 11.5 Å². The van der Waals surface area contributed by atoms with Gasteiger partial charge in [-0.05, 0) is 55.3 Å². The zero-order valence-corrected chi connectivity index (χ0v) is 19.3. The van der Waals surface area contributed by atoms with E-state index in [9.17, 15) is 19.2 Å². The number of halogens is 1. The van der Waals surface area contributed by atoms with Crippen LogP contribution < -0.4 is 9.47 Å². The number of amides is 3. The Morgan fingerprint density at radius 1 is 1.19 bits per heavy atom. The van der Waals surface area contributed by atoms with Gasteiger partial charge in [-0.25, -0.2) is 4.79 Å². The third-order valence-corrected chi connectivity index (χ3v) is 6.01. The second-order valence-electron chi connectivity index (χ2n) is 6.98. The van der Waals surface area contributed by atoms with Crippen LogP contribution >= 0.6 is 23.4 Å². The molecule has 2 aliphatic rings. The average Bonchev–Trinajstić information content (AvgIpc) is 3.38. The number of benzene rings is 1. The molecule has 0 saturated carbocycles. The molecule has 0 bridgehead atoms. The van der Waals surface area contributed by atoms with Gasteiger partial charge < -0.3 is 19.1 Å². The molecule has 2 fully saturated rings. The van der Waals surface area contributed by atoms with Crippen LogP contribution in [0.1, 0.15) is 25.3 Å². The van der Waals surface area contributed by atoms with Crippen LogP contribution in [0.2, 0.25) is 5.02 Å². The first-order valence-electron chi connectivity index (χ1n) is 10.0. The maximum Gasteiger partial charge on any atom is 0.343 e. The number of carbonyl (C=O) groups is 4. The minimum absolute atomic E-state index is 0.162. The van der Waals surface area contributed by atoms with Crippen LogP contribution in [0.15, 0.2) is 17.0 Å². The number of hydrogen-bond acceptors (Lipinski definition) is 8. The van der Waals surface area contributed by atoms with Crippen molar-refractivity contribution in [2.24, 2.45) is 0 Å². The first-order valence-corrected chi connectivity index (χ1v) is 11.2. The van der Waals surface area contributed by atoms with Gasteiger partial charge in [-0.15, -0.1) is 0 Å². The monoisotopic (exact) mass is 482 g/mol. The van der Waals surface area contributed by atoms with Gasteiger partial charge in [0.25, 0.3) is 11.1 Å². The molecule has 1 aromatic carbocycles. The van der Waals surface area contributed by atoms with Crippen molar-refractivity contribution < 1.29 is 33.4 Å². The fourth-order valence-corrected chi connectivity index (χ4v) is 4.37. The number of imide groups is 1. The first kappa shape index (κ1) is 23.9. The Bertz CT molecular complexity index is 960. The van der Waals surface area contributed by atoms with Crippen LogP contribution in [0.25, 0.3) is 6.08 Å². The van der Waals surface area contributed by atoms with Gasteiger partial charge >= 0.3 is 5.97 Å². The van der Waals surface area contributed by atoms with Gasteiger partial charge in [-0.2, -0.15) is 0 Å². The zero-order chi connectivity index (χ0) is 23.3. The Balaban J connectivity index is 1.79. The van der Waals surface area contributed by atoms with E-state index in [2.05, 4.69) is 4.74 Å². The van der Waals surface area contributed by atoms with Crippen molar-refractivity contribution in [3.63, 3.8) is 0 Å². The van der Waals surface area contributed by atoms with Crippen molar-refractivity contribution in [1.29, 1.82) is 0 Å². The Labute approximate surface area is 194 Å². The van der Waals surface area contributed by atoms with Gasteiger partial charge in [0.1, 0.15) is 6.54 Å². The van der Waals surface area contributed by atoms with E-state index < -0.39 is 17.1 Å². The quantitative estimate of drug-likeness (QED) is 0.411. The van der Waals surface area contributed by atoms with Crippen molar-refractivity contribution in [3.05, 3.63) is 27.6 Å². The summed E-state index contributed by atoms with van der Waals surface area (Å²) in [7, 11) is 1.24. The highest BCUT2D eigenvalue weighted by Crippen LogP contribution is 2.39. The van der Waals surface area contributed by atoms with E-state index in [4.69, 9.17) is 21.1 Å². The molecule has 0 aromatic heterocycles. The highest BCUT2D eigenvalue weighted by atomic mass is 35.5. The average molecular weight is 483 g/mol. The first-order chi connectivity index (χ1) is 15.3. The van der Waals surface area contributed by atoms with E-state index in [0.717, 1.165) is 29.5 Å². The molecule has 0 aliphatic carbocycles. The summed E-state index contributed by atoms with van der Waals surface area (Å²) in [6.45, 7) is 2.76. The van der Waals surface area contributed by atoms with Crippen molar-refractivity contribution in [2.75, 3.05) is 40.0 Å². The third kappa shape index (κ3) is 5.55. The van der Waals surface area contributed by atoms with Gasteiger partial charge in [0, 0.05) is 13.1 Å². The molecule has 1 aromatic rings. The van der Waals surface area contributed by atoms with E-state index in [1.54, 1.807) is 17.9 Å². The summed E-state index contributed by atoms with van der Waals surface area (Å²) in [5, 5.41) is -0.336. The summed E-state index contributed by atoms with van der Waals surface area (Å²) >= 11 is 7.07. The SMILES string of the molecule is CCOc1cc(/C=C2\SC(=O)N(CC(=O)N3CCCC3)C2=O)cc(Cl)c1OCC(=O)OC. The maximum absolute atomic E-state index is 12.7. The number of rotatable bonds is 8. The van der Waals surface area contributed by atoms with Gasteiger partial charge in [0.15, 0.2) is 18.1 Å². The Kier molecular flexibility index (Phi) is 8.03. The number of carbonyl (C=O) groups excluding carboxylic acids is 4. The molecule has 0 unspecified atom stereocenters. The number of likely N-dealkylation sites (tertiary alicyclic amines) is 1. The Hall–Kier alpha value is -2.72. The number of nitrogens with zero attached hydrogens (tertiary/aromatic N) is 2. The molecular formula is C21H23ClN2O7S. The van der Waals surface area contributed by atoms with Crippen LogP contribution in [0, 0.1) is 0 Å². The molecular weight excluding hydrogens is 460 g/mol. The zero-order valence-electron chi connectivity index (χ0n) is 17.7. The van der Waals surface area contributed by atoms with Crippen molar-refractivity contribution in [1.82, 2.24) is 9.80 Å². The minimum Gasteiger partial charge on any atom is -0.490 e. The summed E-state index contributed by atoms with van der Waals surface area (Å²) in [6, 6.07) is 3.12. The second-order valence-corrected chi connectivity index (χ2v) is 8.38. The second kappa shape index (κ2) is 10.7. The summed E-state index contributed by atoms with van der Waals surface area (Å²) in [4.78, 5) is 51.6. The Morgan fingerprint density at radius 2 is 1.91 bits per heavy atom. The molecule has 9 nitrogen and oxygen atoms in total. The third-order valence-electron chi connectivity index (χ3n) is 4.82. The summed E-state index contributed by atoms with van der Waals surface area (Å²) in [6.07, 6.45) is 3.36. The molecule has 0 spiro atoms. The lowest BCUT2D eigenvalue weighted by molar-refractivity contribution is -0.143. The summed E-state index contributed by atoms with van der Waals surface area (Å²) in [5.74, 6) is -0.906. The highest BCUT2D eigenvalue weighted by Gasteiger charge is 2.37. The van der Waals surface area contributed by atoms with Gasteiger partial charge in [-0.1, -0.05) is 11.6 Å². The smallest absolute Gasteiger partial charge is 0.343 e. The van der Waals surface area contributed by atoms with Crippen molar-refractivity contribution in [2.45, 2.75) is 19.8 Å². The predicted molar refractivity (Wildman–Crippen MR) is 119 cm³/mol. The van der Waals surface area contributed by atoms with Gasteiger partial charge in [0.05, 0.1) is 23.6 Å². The fraction of sp³-hybridized carbons (Fsp3) is 0.429.